The van der Waals surface area contributed by atoms with Gasteiger partial charge in [0, 0.05) is 4.47 Å². The van der Waals surface area contributed by atoms with E-state index in [-0.39, 0.29) is 17.9 Å². The summed E-state index contributed by atoms with van der Waals surface area (Å²) in [6, 6.07) is 12.3. The quantitative estimate of drug-likeness (QED) is 0.927. The Bertz CT molecular complexity index is 569. The van der Waals surface area contributed by atoms with Gasteiger partial charge in [-0.2, -0.15) is 0 Å². The van der Waals surface area contributed by atoms with Gasteiger partial charge in [-0.05, 0) is 35.7 Å². The zero-order chi connectivity index (χ0) is 11.9. The molecule has 0 atom stereocenters. The third-order valence-corrected chi connectivity index (χ3v) is 3.86. The largest absolute Gasteiger partial charge is 0.492 e. The van der Waals surface area contributed by atoms with E-state index in [0.717, 1.165) is 23.1 Å². The second-order valence-electron chi connectivity index (χ2n) is 4.78. The summed E-state index contributed by atoms with van der Waals surface area (Å²) in [5.74, 6) is 0.882. The van der Waals surface area contributed by atoms with Gasteiger partial charge >= 0.3 is 0 Å². The Morgan fingerprint density at radius 1 is 1.22 bits per heavy atom. The summed E-state index contributed by atoms with van der Waals surface area (Å²) in [6.45, 7) is 0.609. The average molecular weight is 329 g/mol. The molecular weight excluding hydrogens is 314 g/mol. The van der Waals surface area contributed by atoms with Crippen LogP contribution in [0.3, 0.4) is 0 Å². The van der Waals surface area contributed by atoms with Crippen molar-refractivity contribution in [3.05, 3.63) is 40.9 Å². The second kappa shape index (κ2) is 5.08. The molecule has 0 saturated heterocycles. The minimum Gasteiger partial charge on any atom is -0.492 e. The molecule has 0 unspecified atom stereocenters. The topological polar surface area (TPSA) is 35.2 Å². The standard InChI is InChI=1S/C14H14BrNO.ClH/c15-13-8-11(17-9-14(16)5-6-14)7-10-3-1-2-4-12(10)13;/h1-4,7-8H,5-6,9,16H2;1H. The fraction of sp³-hybridized carbons (Fsp3) is 0.286. The van der Waals surface area contributed by atoms with E-state index in [0.29, 0.717) is 6.61 Å². The molecule has 0 heterocycles. The summed E-state index contributed by atoms with van der Waals surface area (Å²) < 4.78 is 6.83. The van der Waals surface area contributed by atoms with Crippen LogP contribution in [0.15, 0.2) is 40.9 Å². The molecule has 0 spiro atoms. The van der Waals surface area contributed by atoms with Gasteiger partial charge in [0.2, 0.25) is 0 Å². The zero-order valence-electron chi connectivity index (χ0n) is 9.86. The van der Waals surface area contributed by atoms with Crippen molar-refractivity contribution in [3.63, 3.8) is 0 Å². The maximum absolute atomic E-state index is 6.01. The van der Waals surface area contributed by atoms with Gasteiger partial charge in [-0.3, -0.25) is 0 Å². The lowest BCUT2D eigenvalue weighted by Gasteiger charge is -2.12. The van der Waals surface area contributed by atoms with Gasteiger partial charge < -0.3 is 10.5 Å². The van der Waals surface area contributed by atoms with E-state index in [9.17, 15) is 0 Å². The Hall–Kier alpha value is -0.770. The molecular formula is C14H15BrClNO. The molecule has 1 aliphatic carbocycles. The highest BCUT2D eigenvalue weighted by molar-refractivity contribution is 9.10. The molecule has 0 amide bonds. The van der Waals surface area contributed by atoms with Crippen molar-refractivity contribution in [2.45, 2.75) is 18.4 Å². The van der Waals surface area contributed by atoms with Crippen LogP contribution < -0.4 is 10.5 Å². The van der Waals surface area contributed by atoms with Crippen LogP contribution >= 0.6 is 28.3 Å². The van der Waals surface area contributed by atoms with Crippen LogP contribution in [-0.2, 0) is 0 Å². The van der Waals surface area contributed by atoms with Crippen LogP contribution in [0.5, 0.6) is 5.75 Å². The van der Waals surface area contributed by atoms with E-state index in [1.165, 1.54) is 10.8 Å². The lowest BCUT2D eigenvalue weighted by molar-refractivity contribution is 0.279. The smallest absolute Gasteiger partial charge is 0.121 e. The molecule has 1 saturated carbocycles. The molecule has 0 radical (unpaired) electrons. The number of benzene rings is 2. The first-order valence-electron chi connectivity index (χ1n) is 5.76. The molecule has 0 bridgehead atoms. The maximum atomic E-state index is 6.01. The molecule has 4 heteroatoms. The molecule has 0 aliphatic heterocycles. The summed E-state index contributed by atoms with van der Waals surface area (Å²) in [6.07, 6.45) is 2.14. The molecule has 0 aromatic heterocycles. The SMILES string of the molecule is Cl.NC1(COc2cc(Br)c3ccccc3c2)CC1. The van der Waals surface area contributed by atoms with Gasteiger partial charge in [-0.25, -0.2) is 0 Å². The summed E-state index contributed by atoms with van der Waals surface area (Å²) >= 11 is 3.57. The second-order valence-corrected chi connectivity index (χ2v) is 5.63. The Morgan fingerprint density at radius 3 is 2.67 bits per heavy atom. The predicted octanol–water partition coefficient (Wildman–Crippen LogP) is 3.89. The summed E-state index contributed by atoms with van der Waals surface area (Å²) in [7, 11) is 0. The molecule has 2 nitrogen and oxygen atoms in total. The Balaban J connectivity index is 0.00000120. The van der Waals surface area contributed by atoms with Crippen molar-refractivity contribution >= 4 is 39.1 Å². The van der Waals surface area contributed by atoms with Gasteiger partial charge in [0.25, 0.3) is 0 Å². The molecule has 18 heavy (non-hydrogen) atoms. The lowest BCUT2D eigenvalue weighted by atomic mass is 10.1. The molecule has 96 valence electrons. The van der Waals surface area contributed by atoms with Crippen LogP contribution in [0.4, 0.5) is 0 Å². The van der Waals surface area contributed by atoms with Crippen LogP contribution in [0.1, 0.15) is 12.8 Å². The molecule has 2 N–H and O–H groups in total. The highest BCUT2D eigenvalue weighted by Gasteiger charge is 2.39. The Morgan fingerprint density at radius 2 is 1.94 bits per heavy atom. The van der Waals surface area contributed by atoms with Crippen molar-refractivity contribution in [1.29, 1.82) is 0 Å². The van der Waals surface area contributed by atoms with Crippen molar-refractivity contribution in [2.75, 3.05) is 6.61 Å². The molecule has 2 aromatic carbocycles. The van der Waals surface area contributed by atoms with Crippen LogP contribution in [-0.4, -0.2) is 12.1 Å². The van der Waals surface area contributed by atoms with Crippen LogP contribution in [0, 0.1) is 0 Å². The third-order valence-electron chi connectivity index (χ3n) is 3.20. The third kappa shape index (κ3) is 2.79. The first-order valence-corrected chi connectivity index (χ1v) is 6.56. The number of rotatable bonds is 3. The monoisotopic (exact) mass is 327 g/mol. The first-order chi connectivity index (χ1) is 8.16. The minimum atomic E-state index is -0.0713. The van der Waals surface area contributed by atoms with Gasteiger partial charge in [0.1, 0.15) is 12.4 Å². The molecule has 2 aromatic rings. The Kier molecular flexibility index (Phi) is 3.85. The number of fused-ring (bicyclic) bond motifs is 1. The fourth-order valence-electron chi connectivity index (χ4n) is 1.85. The van der Waals surface area contributed by atoms with Gasteiger partial charge in [-0.15, -0.1) is 12.4 Å². The van der Waals surface area contributed by atoms with Gasteiger partial charge in [0.05, 0.1) is 5.54 Å². The van der Waals surface area contributed by atoms with E-state index in [4.69, 9.17) is 10.5 Å². The number of nitrogens with two attached hydrogens (primary N) is 1. The summed E-state index contributed by atoms with van der Waals surface area (Å²) in [4.78, 5) is 0. The molecule has 3 rings (SSSR count). The van der Waals surface area contributed by atoms with Crippen molar-refractivity contribution in [3.8, 4) is 5.75 Å². The molecule has 1 aliphatic rings. The normalized spacial score (nSPS) is 16.1. The number of hydrogen-bond acceptors (Lipinski definition) is 2. The van der Waals surface area contributed by atoms with E-state index in [2.05, 4.69) is 34.1 Å². The minimum absolute atomic E-state index is 0. The number of ether oxygens (including phenoxy) is 1. The maximum Gasteiger partial charge on any atom is 0.121 e. The van der Waals surface area contributed by atoms with Crippen molar-refractivity contribution in [2.24, 2.45) is 5.73 Å². The Labute approximate surface area is 121 Å². The fourth-order valence-corrected chi connectivity index (χ4v) is 2.44. The zero-order valence-corrected chi connectivity index (χ0v) is 12.3. The van der Waals surface area contributed by atoms with E-state index < -0.39 is 0 Å². The number of halogens is 2. The van der Waals surface area contributed by atoms with E-state index in [1.807, 2.05) is 18.2 Å². The highest BCUT2D eigenvalue weighted by atomic mass is 79.9. The predicted molar refractivity (Wildman–Crippen MR) is 80.5 cm³/mol. The van der Waals surface area contributed by atoms with Gasteiger partial charge in [0.15, 0.2) is 0 Å². The van der Waals surface area contributed by atoms with Crippen molar-refractivity contribution in [1.82, 2.24) is 0 Å². The van der Waals surface area contributed by atoms with Crippen molar-refractivity contribution < 1.29 is 4.74 Å². The van der Waals surface area contributed by atoms with Gasteiger partial charge in [-0.1, -0.05) is 40.2 Å². The highest BCUT2D eigenvalue weighted by Crippen LogP contribution is 2.34. The first kappa shape index (κ1) is 13.7. The van der Waals surface area contributed by atoms with E-state index in [1.54, 1.807) is 0 Å². The average Bonchev–Trinajstić information content (AvgIpc) is 3.06. The lowest BCUT2D eigenvalue weighted by Crippen LogP contribution is -2.29. The van der Waals surface area contributed by atoms with Crippen LogP contribution in [0.25, 0.3) is 10.8 Å². The van der Waals surface area contributed by atoms with Crippen LogP contribution in [0.2, 0.25) is 0 Å². The molecule has 1 fully saturated rings. The summed E-state index contributed by atoms with van der Waals surface area (Å²) in [5, 5.41) is 2.38. The number of hydrogen-bond donors (Lipinski definition) is 1. The van der Waals surface area contributed by atoms with E-state index >= 15 is 0 Å². The summed E-state index contributed by atoms with van der Waals surface area (Å²) in [5.41, 5.74) is 5.94.